The van der Waals surface area contributed by atoms with E-state index in [1.807, 2.05) is 0 Å². The third kappa shape index (κ3) is 0.959. The fraction of sp³-hybridized carbons (Fsp3) is 0.889. The summed E-state index contributed by atoms with van der Waals surface area (Å²) in [7, 11) is 0. The van der Waals surface area contributed by atoms with Crippen LogP contribution >= 0.6 is 0 Å². The maximum Gasteiger partial charge on any atom is 0.417 e. The molecule has 2 aliphatic rings. The van der Waals surface area contributed by atoms with Crippen molar-refractivity contribution in [3.05, 3.63) is 0 Å². The van der Waals surface area contributed by atoms with Crippen LogP contribution in [0, 0.1) is 11.3 Å². The monoisotopic (exact) mass is 153 g/mol. The quantitative estimate of drug-likeness (QED) is 0.603. The van der Waals surface area contributed by atoms with Crippen LogP contribution < -0.4 is 0 Å². The van der Waals surface area contributed by atoms with E-state index in [2.05, 4.69) is 6.92 Å². The lowest BCUT2D eigenvalue weighted by atomic mass is 9.84. The van der Waals surface area contributed by atoms with Crippen LogP contribution in [0.1, 0.15) is 32.6 Å². The number of ether oxygens (including phenoxy) is 1. The number of fused-ring (bicyclic) bond motifs is 2. The molecule has 0 aliphatic heterocycles. The Morgan fingerprint density at radius 1 is 1.64 bits per heavy atom. The Kier molecular flexibility index (Phi) is 1.44. The number of hydrogen-bond acceptors (Lipinski definition) is 2. The molecule has 0 aromatic carbocycles. The molecule has 3 atom stereocenters. The third-order valence-corrected chi connectivity index (χ3v) is 3.39. The van der Waals surface area contributed by atoms with Crippen LogP contribution in [0.15, 0.2) is 0 Å². The van der Waals surface area contributed by atoms with Gasteiger partial charge in [-0.3, -0.25) is 0 Å². The summed E-state index contributed by atoms with van der Waals surface area (Å²) >= 11 is 0. The second kappa shape index (κ2) is 2.23. The van der Waals surface area contributed by atoms with Gasteiger partial charge in [0.1, 0.15) is 6.10 Å². The van der Waals surface area contributed by atoms with Gasteiger partial charge in [0.2, 0.25) is 0 Å². The van der Waals surface area contributed by atoms with Gasteiger partial charge in [0.25, 0.3) is 0 Å². The molecule has 2 heteroatoms. The van der Waals surface area contributed by atoms with Crippen molar-refractivity contribution in [3.8, 4) is 0 Å². The standard InChI is InChI=1S/C9H13O2/c1-9-3-2-7(5-9)4-8(9)11-6-10/h7-8H,2-5H2,1H3. The summed E-state index contributed by atoms with van der Waals surface area (Å²) in [4.78, 5) is 10.0. The normalized spacial score (nSPS) is 47.7. The average Bonchev–Trinajstić information content (AvgIpc) is 2.44. The van der Waals surface area contributed by atoms with Crippen molar-refractivity contribution < 1.29 is 9.53 Å². The molecule has 0 aromatic heterocycles. The van der Waals surface area contributed by atoms with E-state index in [4.69, 9.17) is 4.74 Å². The lowest BCUT2D eigenvalue weighted by molar-refractivity contribution is 0.0612. The summed E-state index contributed by atoms with van der Waals surface area (Å²) < 4.78 is 4.93. The Bertz CT molecular complexity index is 178. The van der Waals surface area contributed by atoms with E-state index in [1.165, 1.54) is 19.3 Å². The number of hydrogen-bond donors (Lipinski definition) is 0. The highest BCUT2D eigenvalue weighted by atomic mass is 16.5. The number of rotatable bonds is 2. The van der Waals surface area contributed by atoms with E-state index < -0.39 is 0 Å². The van der Waals surface area contributed by atoms with Gasteiger partial charge in [-0.05, 0) is 31.6 Å². The van der Waals surface area contributed by atoms with Crippen molar-refractivity contribution in [1.29, 1.82) is 0 Å². The molecule has 0 heterocycles. The molecule has 2 saturated carbocycles. The molecule has 61 valence electrons. The van der Waals surface area contributed by atoms with Gasteiger partial charge in [-0.25, -0.2) is 4.79 Å². The van der Waals surface area contributed by atoms with Crippen molar-refractivity contribution in [2.45, 2.75) is 38.7 Å². The highest BCUT2D eigenvalue weighted by Crippen LogP contribution is 2.54. The minimum absolute atomic E-state index is 0.166. The Hall–Kier alpha value is -0.530. The fourth-order valence-electron chi connectivity index (χ4n) is 2.73. The van der Waals surface area contributed by atoms with Gasteiger partial charge < -0.3 is 4.74 Å². The molecule has 2 nitrogen and oxygen atoms in total. The first-order chi connectivity index (χ1) is 5.24. The molecule has 2 aliphatic carbocycles. The van der Waals surface area contributed by atoms with Crippen molar-refractivity contribution in [1.82, 2.24) is 0 Å². The minimum Gasteiger partial charge on any atom is -0.453 e. The van der Waals surface area contributed by atoms with Crippen LogP contribution in [0.5, 0.6) is 0 Å². The average molecular weight is 153 g/mol. The first-order valence-corrected chi connectivity index (χ1v) is 4.27. The SMILES string of the molecule is CC12CCC(CC1O[C]=O)C2. The lowest BCUT2D eigenvalue weighted by Gasteiger charge is -2.28. The molecule has 2 bridgehead atoms. The molecule has 3 unspecified atom stereocenters. The van der Waals surface area contributed by atoms with Crippen LogP contribution in [-0.2, 0) is 9.53 Å². The topological polar surface area (TPSA) is 26.3 Å². The molecule has 1 radical (unpaired) electrons. The molecule has 2 rings (SSSR count). The molecular formula is C9H13O2. The summed E-state index contributed by atoms with van der Waals surface area (Å²) in [6.45, 7) is 3.79. The van der Waals surface area contributed by atoms with Gasteiger partial charge in [-0.2, -0.15) is 0 Å². The van der Waals surface area contributed by atoms with Crippen molar-refractivity contribution in [2.24, 2.45) is 11.3 Å². The van der Waals surface area contributed by atoms with E-state index in [9.17, 15) is 4.79 Å². The maximum atomic E-state index is 10.0. The Morgan fingerprint density at radius 2 is 2.45 bits per heavy atom. The van der Waals surface area contributed by atoms with Crippen LogP contribution in [0.3, 0.4) is 0 Å². The van der Waals surface area contributed by atoms with Crippen molar-refractivity contribution in [3.63, 3.8) is 0 Å². The van der Waals surface area contributed by atoms with E-state index in [0.717, 1.165) is 12.3 Å². The van der Waals surface area contributed by atoms with E-state index >= 15 is 0 Å². The zero-order valence-electron chi connectivity index (χ0n) is 6.80. The Balaban J connectivity index is 2.08. The predicted molar refractivity (Wildman–Crippen MR) is 40.6 cm³/mol. The second-order valence-electron chi connectivity index (χ2n) is 4.19. The smallest absolute Gasteiger partial charge is 0.417 e. The molecule has 0 N–H and O–H groups in total. The van der Waals surface area contributed by atoms with Crippen LogP contribution in [0.2, 0.25) is 0 Å². The second-order valence-corrected chi connectivity index (χ2v) is 4.19. The largest absolute Gasteiger partial charge is 0.453 e. The first kappa shape index (κ1) is 7.14. The molecule has 2 fully saturated rings. The highest BCUT2D eigenvalue weighted by molar-refractivity contribution is 5.39. The number of carbonyl (C=O) groups excluding carboxylic acids is 1. The van der Waals surface area contributed by atoms with Gasteiger partial charge in [0.15, 0.2) is 0 Å². The molecule has 0 aromatic rings. The summed E-state index contributed by atoms with van der Waals surface area (Å²) in [6.07, 6.45) is 5.04. The molecular weight excluding hydrogens is 140 g/mol. The summed E-state index contributed by atoms with van der Waals surface area (Å²) in [5.74, 6) is 0.818. The Morgan fingerprint density at radius 3 is 2.91 bits per heavy atom. The van der Waals surface area contributed by atoms with Gasteiger partial charge in [-0.1, -0.05) is 6.92 Å². The van der Waals surface area contributed by atoms with Crippen LogP contribution in [0.25, 0.3) is 0 Å². The maximum absolute atomic E-state index is 10.0. The van der Waals surface area contributed by atoms with Crippen molar-refractivity contribution in [2.75, 3.05) is 0 Å². The predicted octanol–water partition coefficient (Wildman–Crippen LogP) is 1.65. The third-order valence-electron chi connectivity index (χ3n) is 3.39. The van der Waals surface area contributed by atoms with Crippen LogP contribution in [-0.4, -0.2) is 12.6 Å². The summed E-state index contributed by atoms with van der Waals surface area (Å²) in [5.41, 5.74) is 0.294. The molecule has 0 saturated heterocycles. The zero-order chi connectivity index (χ0) is 7.90. The molecule has 0 amide bonds. The summed E-state index contributed by atoms with van der Waals surface area (Å²) in [6, 6.07) is 0. The van der Waals surface area contributed by atoms with Gasteiger partial charge in [-0.15, -0.1) is 0 Å². The van der Waals surface area contributed by atoms with Crippen LogP contribution in [0.4, 0.5) is 0 Å². The fourth-order valence-corrected chi connectivity index (χ4v) is 2.73. The van der Waals surface area contributed by atoms with E-state index in [0.29, 0.717) is 5.41 Å². The first-order valence-electron chi connectivity index (χ1n) is 4.27. The van der Waals surface area contributed by atoms with Gasteiger partial charge >= 0.3 is 6.47 Å². The highest BCUT2D eigenvalue weighted by Gasteiger charge is 2.50. The summed E-state index contributed by atoms with van der Waals surface area (Å²) in [5, 5.41) is 0. The van der Waals surface area contributed by atoms with Gasteiger partial charge in [0, 0.05) is 5.41 Å². The van der Waals surface area contributed by atoms with E-state index in [1.54, 1.807) is 6.47 Å². The molecule has 11 heavy (non-hydrogen) atoms. The van der Waals surface area contributed by atoms with Gasteiger partial charge in [0.05, 0.1) is 0 Å². The lowest BCUT2D eigenvalue weighted by Crippen LogP contribution is -2.29. The zero-order valence-corrected chi connectivity index (χ0v) is 6.80. The van der Waals surface area contributed by atoms with E-state index in [-0.39, 0.29) is 6.10 Å². The van der Waals surface area contributed by atoms with Crippen molar-refractivity contribution >= 4 is 6.47 Å². The molecule has 0 spiro atoms. The minimum atomic E-state index is 0.166. The Labute approximate surface area is 66.9 Å².